The lowest BCUT2D eigenvalue weighted by molar-refractivity contribution is -0.132. The van der Waals surface area contributed by atoms with Crippen molar-refractivity contribution < 1.29 is 13.2 Å². The minimum absolute atomic E-state index is 0.0440. The molecule has 0 unspecified atom stereocenters. The summed E-state index contributed by atoms with van der Waals surface area (Å²) < 4.78 is 25.1. The molecule has 0 aliphatic carbocycles. The number of thioether (sulfide) groups is 1. The lowest BCUT2D eigenvalue weighted by Crippen LogP contribution is -2.44. The van der Waals surface area contributed by atoms with E-state index in [-0.39, 0.29) is 10.8 Å². The summed E-state index contributed by atoms with van der Waals surface area (Å²) in [6, 6.07) is 5.04. The van der Waals surface area contributed by atoms with E-state index >= 15 is 0 Å². The van der Waals surface area contributed by atoms with Crippen LogP contribution in [0.1, 0.15) is 39.5 Å². The molecule has 1 fully saturated rings. The van der Waals surface area contributed by atoms with Gasteiger partial charge in [-0.1, -0.05) is 18.7 Å². The number of imidazole rings is 1. The second-order valence-corrected chi connectivity index (χ2v) is 9.27. The molecule has 1 aliphatic rings. The van der Waals surface area contributed by atoms with E-state index in [2.05, 4.69) is 11.9 Å². The van der Waals surface area contributed by atoms with Crippen molar-refractivity contribution in [2.24, 2.45) is 5.14 Å². The van der Waals surface area contributed by atoms with Gasteiger partial charge in [-0.05, 0) is 50.8 Å². The third-order valence-electron chi connectivity index (χ3n) is 5.07. The van der Waals surface area contributed by atoms with E-state index in [1.54, 1.807) is 6.07 Å². The third-order valence-corrected chi connectivity index (χ3v) is 6.95. The smallest absolute Gasteiger partial charge is 0.238 e. The molecule has 148 valence electrons. The van der Waals surface area contributed by atoms with Crippen LogP contribution in [0.25, 0.3) is 11.0 Å². The van der Waals surface area contributed by atoms with Crippen LogP contribution < -0.4 is 5.14 Å². The van der Waals surface area contributed by atoms with E-state index in [4.69, 9.17) is 5.14 Å². The standard InChI is InChI=1S/C18H26N4O3S2/c1-3-13-7-5-6-10-22(13)17(23)12-26-18-20-15-11-14(27(19,24)25)8-9-16(15)21(18)4-2/h8-9,11,13H,3-7,10,12H2,1-2H3,(H2,19,24,25)/t13-/m1/s1. The molecule has 2 aromatic rings. The number of hydrogen-bond donors (Lipinski definition) is 1. The number of aryl methyl sites for hydroxylation is 1. The number of nitrogens with two attached hydrogens (primary N) is 1. The first-order valence-corrected chi connectivity index (χ1v) is 11.8. The van der Waals surface area contributed by atoms with Crippen LogP contribution in [0.2, 0.25) is 0 Å². The predicted molar refractivity (Wildman–Crippen MR) is 107 cm³/mol. The lowest BCUT2D eigenvalue weighted by Gasteiger charge is -2.35. The van der Waals surface area contributed by atoms with Gasteiger partial charge >= 0.3 is 0 Å². The average molecular weight is 411 g/mol. The second kappa shape index (κ2) is 8.20. The molecule has 1 atom stereocenters. The summed E-state index contributed by atoms with van der Waals surface area (Å²) >= 11 is 1.40. The number of nitrogens with zero attached hydrogens (tertiary/aromatic N) is 3. The number of rotatable bonds is 6. The SMILES string of the molecule is CC[C@@H]1CCCCN1C(=O)CSc1nc2cc(S(N)(=O)=O)ccc2n1CC. The van der Waals surface area contributed by atoms with E-state index in [9.17, 15) is 13.2 Å². The maximum Gasteiger partial charge on any atom is 0.238 e. The normalized spacial score (nSPS) is 18.2. The van der Waals surface area contributed by atoms with Gasteiger partial charge in [0.05, 0.1) is 21.7 Å². The molecule has 0 spiro atoms. The van der Waals surface area contributed by atoms with Gasteiger partial charge in [-0.2, -0.15) is 0 Å². The van der Waals surface area contributed by atoms with Crippen molar-refractivity contribution in [2.45, 2.75) is 62.2 Å². The maximum absolute atomic E-state index is 12.7. The second-order valence-electron chi connectivity index (χ2n) is 6.77. The van der Waals surface area contributed by atoms with Gasteiger partial charge in [0.2, 0.25) is 15.9 Å². The highest BCUT2D eigenvalue weighted by atomic mass is 32.2. The molecule has 0 radical (unpaired) electrons. The summed E-state index contributed by atoms with van der Waals surface area (Å²) in [7, 11) is -3.77. The molecule has 0 saturated carbocycles. The molecule has 27 heavy (non-hydrogen) atoms. The fourth-order valence-corrected chi connectivity index (χ4v) is 5.14. The Bertz CT molecular complexity index is 939. The number of benzene rings is 1. The van der Waals surface area contributed by atoms with E-state index < -0.39 is 10.0 Å². The quantitative estimate of drug-likeness (QED) is 0.738. The van der Waals surface area contributed by atoms with Crippen LogP contribution in [0, 0.1) is 0 Å². The van der Waals surface area contributed by atoms with E-state index in [1.807, 2.05) is 16.4 Å². The van der Waals surface area contributed by atoms with E-state index in [1.165, 1.54) is 30.3 Å². The molecule has 1 saturated heterocycles. The van der Waals surface area contributed by atoms with Crippen LogP contribution >= 0.6 is 11.8 Å². The molecule has 2 heterocycles. The number of fused-ring (bicyclic) bond motifs is 1. The lowest BCUT2D eigenvalue weighted by atomic mass is 10.0. The summed E-state index contributed by atoms with van der Waals surface area (Å²) in [5.41, 5.74) is 1.41. The van der Waals surface area contributed by atoms with Gasteiger partial charge in [-0.25, -0.2) is 18.5 Å². The molecular weight excluding hydrogens is 384 g/mol. The number of sulfonamides is 1. The molecule has 9 heteroatoms. The zero-order chi connectivity index (χ0) is 19.6. The Morgan fingerprint density at radius 1 is 1.33 bits per heavy atom. The monoisotopic (exact) mass is 410 g/mol. The van der Waals surface area contributed by atoms with Gasteiger partial charge in [0.1, 0.15) is 0 Å². The average Bonchev–Trinajstić information content (AvgIpc) is 3.01. The van der Waals surface area contributed by atoms with Crippen molar-refractivity contribution in [3.05, 3.63) is 18.2 Å². The van der Waals surface area contributed by atoms with Crippen LogP contribution in [0.4, 0.5) is 0 Å². The summed E-state index contributed by atoms with van der Waals surface area (Å²) in [6.07, 6.45) is 4.32. The highest BCUT2D eigenvalue weighted by Gasteiger charge is 2.25. The van der Waals surface area contributed by atoms with Gasteiger partial charge in [-0.3, -0.25) is 4.79 Å². The van der Waals surface area contributed by atoms with Crippen molar-refractivity contribution >= 4 is 38.7 Å². The first-order valence-electron chi connectivity index (χ1n) is 9.30. The van der Waals surface area contributed by atoms with Crippen molar-refractivity contribution in [3.8, 4) is 0 Å². The van der Waals surface area contributed by atoms with Gasteiger partial charge in [0.25, 0.3) is 0 Å². The number of hydrogen-bond acceptors (Lipinski definition) is 5. The van der Waals surface area contributed by atoms with Crippen LogP contribution in [-0.2, 0) is 21.4 Å². The van der Waals surface area contributed by atoms with Crippen LogP contribution in [-0.4, -0.2) is 47.1 Å². The summed E-state index contributed by atoms with van der Waals surface area (Å²) in [6.45, 7) is 5.64. The van der Waals surface area contributed by atoms with Crippen LogP contribution in [0.5, 0.6) is 0 Å². The van der Waals surface area contributed by atoms with Crippen LogP contribution in [0.3, 0.4) is 0 Å². The van der Waals surface area contributed by atoms with E-state index in [0.29, 0.717) is 23.9 Å². The Balaban J connectivity index is 1.81. The zero-order valence-corrected chi connectivity index (χ0v) is 17.4. The fourth-order valence-electron chi connectivity index (χ4n) is 3.64. The number of aromatic nitrogens is 2. The molecule has 2 N–H and O–H groups in total. The third kappa shape index (κ3) is 4.30. The summed E-state index contributed by atoms with van der Waals surface area (Å²) in [4.78, 5) is 19.3. The molecular formula is C18H26N4O3S2. The highest BCUT2D eigenvalue weighted by molar-refractivity contribution is 7.99. The molecule has 7 nitrogen and oxygen atoms in total. The number of carbonyl (C=O) groups excluding carboxylic acids is 1. The number of carbonyl (C=O) groups is 1. The van der Waals surface area contributed by atoms with Gasteiger partial charge < -0.3 is 9.47 Å². The largest absolute Gasteiger partial charge is 0.339 e. The fraction of sp³-hybridized carbons (Fsp3) is 0.556. The first-order chi connectivity index (χ1) is 12.8. The van der Waals surface area contributed by atoms with Crippen molar-refractivity contribution in [3.63, 3.8) is 0 Å². The first kappa shape index (κ1) is 20.2. The van der Waals surface area contributed by atoms with Gasteiger partial charge in [-0.15, -0.1) is 0 Å². The minimum atomic E-state index is -3.77. The summed E-state index contributed by atoms with van der Waals surface area (Å²) in [5, 5.41) is 5.93. The Labute approximate surface area is 164 Å². The van der Waals surface area contributed by atoms with Crippen molar-refractivity contribution in [1.29, 1.82) is 0 Å². The molecule has 3 rings (SSSR count). The van der Waals surface area contributed by atoms with Gasteiger partial charge in [0, 0.05) is 19.1 Å². The predicted octanol–water partition coefficient (Wildman–Crippen LogP) is 2.59. The Morgan fingerprint density at radius 3 is 2.78 bits per heavy atom. The van der Waals surface area contributed by atoms with Gasteiger partial charge in [0.15, 0.2) is 5.16 Å². The van der Waals surface area contributed by atoms with E-state index in [0.717, 1.165) is 36.5 Å². The Hall–Kier alpha value is -1.58. The zero-order valence-electron chi connectivity index (χ0n) is 15.7. The van der Waals surface area contributed by atoms with Crippen LogP contribution in [0.15, 0.2) is 28.3 Å². The molecule has 1 aromatic carbocycles. The maximum atomic E-state index is 12.7. The Kier molecular flexibility index (Phi) is 6.12. The Morgan fingerprint density at radius 2 is 2.11 bits per heavy atom. The number of piperidine rings is 1. The number of primary sulfonamides is 1. The molecule has 0 bridgehead atoms. The molecule has 1 aromatic heterocycles. The number of amides is 1. The molecule has 1 aliphatic heterocycles. The highest BCUT2D eigenvalue weighted by Crippen LogP contribution is 2.27. The minimum Gasteiger partial charge on any atom is -0.339 e. The van der Waals surface area contributed by atoms with Crippen molar-refractivity contribution in [1.82, 2.24) is 14.5 Å². The number of likely N-dealkylation sites (tertiary alicyclic amines) is 1. The summed E-state index contributed by atoms with van der Waals surface area (Å²) in [5.74, 6) is 0.480. The topological polar surface area (TPSA) is 98.3 Å². The van der Waals surface area contributed by atoms with Crippen molar-refractivity contribution in [2.75, 3.05) is 12.3 Å². The molecule has 1 amide bonds.